The van der Waals surface area contributed by atoms with Gasteiger partial charge >= 0.3 is 6.09 Å². The Kier molecular flexibility index (Phi) is 5.16. The standard InChI is InChI=1S/C13H18N2O5S/c16-13(17)15-7-4-8-20-11(10-15)9-14-21(18,19)12-5-2-1-3-6-12/h1-3,5-6,11,14H,4,7-10H2,(H,16,17). The van der Waals surface area contributed by atoms with Gasteiger partial charge in [-0.2, -0.15) is 0 Å². The van der Waals surface area contributed by atoms with E-state index in [1.54, 1.807) is 18.2 Å². The van der Waals surface area contributed by atoms with Gasteiger partial charge in [0.05, 0.1) is 17.5 Å². The minimum atomic E-state index is -3.61. The molecule has 1 amide bonds. The van der Waals surface area contributed by atoms with Crippen molar-refractivity contribution in [3.05, 3.63) is 30.3 Å². The van der Waals surface area contributed by atoms with E-state index in [1.807, 2.05) is 0 Å². The molecule has 1 fully saturated rings. The third-order valence-electron chi connectivity index (χ3n) is 3.17. The number of nitrogens with zero attached hydrogens (tertiary/aromatic N) is 1. The lowest BCUT2D eigenvalue weighted by Crippen LogP contribution is -2.41. The van der Waals surface area contributed by atoms with E-state index in [2.05, 4.69) is 4.72 Å². The fourth-order valence-electron chi connectivity index (χ4n) is 2.08. The highest BCUT2D eigenvalue weighted by atomic mass is 32.2. The van der Waals surface area contributed by atoms with Crippen molar-refractivity contribution in [2.75, 3.05) is 26.2 Å². The Morgan fingerprint density at radius 1 is 1.38 bits per heavy atom. The van der Waals surface area contributed by atoms with E-state index < -0.39 is 22.2 Å². The predicted molar refractivity (Wildman–Crippen MR) is 75.6 cm³/mol. The van der Waals surface area contributed by atoms with Crippen LogP contribution in [0.3, 0.4) is 0 Å². The Morgan fingerprint density at radius 2 is 2.10 bits per heavy atom. The van der Waals surface area contributed by atoms with E-state index in [0.717, 1.165) is 0 Å². The van der Waals surface area contributed by atoms with Gasteiger partial charge in [0.1, 0.15) is 0 Å². The molecule has 8 heteroatoms. The summed E-state index contributed by atoms with van der Waals surface area (Å²) >= 11 is 0. The topological polar surface area (TPSA) is 95.9 Å². The van der Waals surface area contributed by atoms with Crippen molar-refractivity contribution in [3.8, 4) is 0 Å². The second-order valence-electron chi connectivity index (χ2n) is 4.74. The van der Waals surface area contributed by atoms with Crippen LogP contribution in [0.4, 0.5) is 4.79 Å². The largest absolute Gasteiger partial charge is 0.465 e. The summed E-state index contributed by atoms with van der Waals surface area (Å²) in [6.07, 6.45) is -0.896. The van der Waals surface area contributed by atoms with Crippen molar-refractivity contribution in [1.82, 2.24) is 9.62 Å². The first-order valence-corrected chi connectivity index (χ1v) is 8.11. The zero-order valence-corrected chi connectivity index (χ0v) is 12.3. The van der Waals surface area contributed by atoms with E-state index in [-0.39, 0.29) is 18.0 Å². The fraction of sp³-hybridized carbons (Fsp3) is 0.462. The summed E-state index contributed by atoms with van der Waals surface area (Å²) in [6.45, 7) is 1.02. The molecular formula is C13H18N2O5S. The Labute approximate surface area is 123 Å². The summed E-state index contributed by atoms with van der Waals surface area (Å²) in [4.78, 5) is 12.4. The van der Waals surface area contributed by atoms with Gasteiger partial charge < -0.3 is 14.7 Å². The highest BCUT2D eigenvalue weighted by molar-refractivity contribution is 7.89. The first-order valence-electron chi connectivity index (χ1n) is 6.63. The molecule has 116 valence electrons. The molecule has 21 heavy (non-hydrogen) atoms. The first-order chi connectivity index (χ1) is 9.99. The van der Waals surface area contributed by atoms with Crippen LogP contribution >= 0.6 is 0 Å². The van der Waals surface area contributed by atoms with E-state index >= 15 is 0 Å². The highest BCUT2D eigenvalue weighted by Gasteiger charge is 2.24. The van der Waals surface area contributed by atoms with Crippen molar-refractivity contribution < 1.29 is 23.1 Å². The third kappa shape index (κ3) is 4.42. The maximum atomic E-state index is 12.1. The average Bonchev–Trinajstić information content (AvgIpc) is 2.72. The van der Waals surface area contributed by atoms with Crippen LogP contribution in [0.15, 0.2) is 35.2 Å². The molecule has 0 radical (unpaired) electrons. The van der Waals surface area contributed by atoms with Crippen LogP contribution in [0.25, 0.3) is 0 Å². The van der Waals surface area contributed by atoms with Gasteiger partial charge in [0.15, 0.2) is 0 Å². The smallest absolute Gasteiger partial charge is 0.407 e. The van der Waals surface area contributed by atoms with Crippen LogP contribution in [0, 0.1) is 0 Å². The highest BCUT2D eigenvalue weighted by Crippen LogP contribution is 2.09. The van der Waals surface area contributed by atoms with Crippen LogP contribution in [0.2, 0.25) is 0 Å². The molecule has 1 heterocycles. The summed E-state index contributed by atoms with van der Waals surface area (Å²) in [5, 5.41) is 9.02. The van der Waals surface area contributed by atoms with Crippen molar-refractivity contribution in [1.29, 1.82) is 0 Å². The van der Waals surface area contributed by atoms with Gasteiger partial charge in [0.25, 0.3) is 0 Å². The maximum absolute atomic E-state index is 12.1. The lowest BCUT2D eigenvalue weighted by atomic mass is 10.3. The molecular weight excluding hydrogens is 296 g/mol. The van der Waals surface area contributed by atoms with Crippen LogP contribution in [-0.4, -0.2) is 56.9 Å². The summed E-state index contributed by atoms with van der Waals surface area (Å²) in [5.74, 6) is 0. The molecule has 0 spiro atoms. The van der Waals surface area contributed by atoms with E-state index in [9.17, 15) is 13.2 Å². The molecule has 0 bridgehead atoms. The number of carboxylic acid groups (broad SMARTS) is 1. The molecule has 1 aliphatic heterocycles. The molecule has 0 aliphatic carbocycles. The molecule has 1 aromatic rings. The minimum Gasteiger partial charge on any atom is -0.465 e. The third-order valence-corrected chi connectivity index (χ3v) is 4.61. The molecule has 0 aromatic heterocycles. The zero-order chi connectivity index (χ0) is 15.3. The SMILES string of the molecule is O=C(O)N1CCCOC(CNS(=O)(=O)c2ccccc2)C1. The molecule has 0 saturated carbocycles. The predicted octanol–water partition coefficient (Wildman–Crippen LogP) is 0.734. The Bertz CT molecular complexity index is 575. The van der Waals surface area contributed by atoms with Crippen LogP contribution < -0.4 is 4.72 Å². The molecule has 2 rings (SSSR count). The van der Waals surface area contributed by atoms with Gasteiger partial charge in [-0.05, 0) is 18.6 Å². The number of nitrogens with one attached hydrogen (secondary N) is 1. The lowest BCUT2D eigenvalue weighted by Gasteiger charge is -2.21. The summed E-state index contributed by atoms with van der Waals surface area (Å²) in [7, 11) is -3.61. The molecule has 7 nitrogen and oxygen atoms in total. The van der Waals surface area contributed by atoms with Gasteiger partial charge in [-0.25, -0.2) is 17.9 Å². The van der Waals surface area contributed by atoms with Crippen molar-refractivity contribution >= 4 is 16.1 Å². The van der Waals surface area contributed by atoms with Gasteiger partial charge in [-0.3, -0.25) is 0 Å². The monoisotopic (exact) mass is 314 g/mol. The summed E-state index contributed by atoms with van der Waals surface area (Å²) in [6, 6.07) is 8.02. The lowest BCUT2D eigenvalue weighted by molar-refractivity contribution is 0.0574. The normalized spacial score (nSPS) is 20.0. The number of benzene rings is 1. The number of hydrogen-bond acceptors (Lipinski definition) is 4. The van der Waals surface area contributed by atoms with Crippen LogP contribution in [-0.2, 0) is 14.8 Å². The number of rotatable bonds is 4. The molecule has 1 atom stereocenters. The second kappa shape index (κ2) is 6.88. The van der Waals surface area contributed by atoms with E-state index in [0.29, 0.717) is 19.6 Å². The maximum Gasteiger partial charge on any atom is 0.407 e. The number of ether oxygens (including phenoxy) is 1. The molecule has 1 unspecified atom stereocenters. The van der Waals surface area contributed by atoms with Gasteiger partial charge in [-0.1, -0.05) is 18.2 Å². The molecule has 1 saturated heterocycles. The Morgan fingerprint density at radius 3 is 2.76 bits per heavy atom. The number of hydrogen-bond donors (Lipinski definition) is 2. The van der Waals surface area contributed by atoms with E-state index in [4.69, 9.17) is 9.84 Å². The fourth-order valence-corrected chi connectivity index (χ4v) is 3.17. The van der Waals surface area contributed by atoms with Gasteiger partial charge in [0, 0.05) is 19.7 Å². The summed E-state index contributed by atoms with van der Waals surface area (Å²) in [5.41, 5.74) is 0. The average molecular weight is 314 g/mol. The van der Waals surface area contributed by atoms with Crippen LogP contribution in [0.5, 0.6) is 0 Å². The first kappa shape index (κ1) is 15.7. The van der Waals surface area contributed by atoms with Gasteiger partial charge in [-0.15, -0.1) is 0 Å². The Hall–Kier alpha value is -1.64. The quantitative estimate of drug-likeness (QED) is 0.854. The van der Waals surface area contributed by atoms with Crippen molar-refractivity contribution in [3.63, 3.8) is 0 Å². The van der Waals surface area contributed by atoms with Crippen LogP contribution in [0.1, 0.15) is 6.42 Å². The van der Waals surface area contributed by atoms with Crippen molar-refractivity contribution in [2.24, 2.45) is 0 Å². The van der Waals surface area contributed by atoms with E-state index in [1.165, 1.54) is 17.0 Å². The summed E-state index contributed by atoms with van der Waals surface area (Å²) < 4.78 is 32.1. The zero-order valence-electron chi connectivity index (χ0n) is 11.4. The molecule has 1 aliphatic rings. The number of sulfonamides is 1. The van der Waals surface area contributed by atoms with Crippen molar-refractivity contribution in [2.45, 2.75) is 17.4 Å². The molecule has 2 N–H and O–H groups in total. The second-order valence-corrected chi connectivity index (χ2v) is 6.51. The number of carbonyl (C=O) groups is 1. The number of amides is 1. The molecule has 1 aromatic carbocycles. The minimum absolute atomic E-state index is 0.0427. The Balaban J connectivity index is 1.97. The van der Waals surface area contributed by atoms with Gasteiger partial charge in [0.2, 0.25) is 10.0 Å².